The van der Waals surface area contributed by atoms with Gasteiger partial charge in [-0.3, -0.25) is 9.69 Å². The van der Waals surface area contributed by atoms with Gasteiger partial charge in [0, 0.05) is 25.2 Å². The predicted octanol–water partition coefficient (Wildman–Crippen LogP) is 3.19. The van der Waals surface area contributed by atoms with Crippen LogP contribution in [-0.4, -0.2) is 52.5 Å². The molecule has 0 radical (unpaired) electrons. The van der Waals surface area contributed by atoms with Gasteiger partial charge >= 0.3 is 0 Å². The summed E-state index contributed by atoms with van der Waals surface area (Å²) in [5, 5.41) is 9.43. The van der Waals surface area contributed by atoms with Crippen molar-refractivity contribution in [3.63, 3.8) is 0 Å². The van der Waals surface area contributed by atoms with Crippen LogP contribution in [0.4, 0.5) is 0 Å². The lowest BCUT2D eigenvalue weighted by molar-refractivity contribution is -0.136. The topological polar surface area (TPSA) is 43.8 Å². The van der Waals surface area contributed by atoms with Crippen molar-refractivity contribution >= 4 is 5.91 Å². The molecule has 0 bridgehead atoms. The molecule has 2 saturated heterocycles. The smallest absolute Gasteiger partial charge is 0.227 e. The third-order valence-electron chi connectivity index (χ3n) is 6.21. The maximum atomic E-state index is 13.0. The van der Waals surface area contributed by atoms with Crippen molar-refractivity contribution in [3.8, 4) is 5.75 Å². The molecule has 1 aromatic carbocycles. The lowest BCUT2D eigenvalue weighted by atomic mass is 9.91. The highest BCUT2D eigenvalue weighted by Crippen LogP contribution is 2.35. The number of hydrogen-bond donors (Lipinski definition) is 1. The first kappa shape index (κ1) is 16.9. The Morgan fingerprint density at radius 2 is 1.72 bits per heavy atom. The van der Waals surface area contributed by atoms with Crippen molar-refractivity contribution in [1.82, 2.24) is 9.80 Å². The fourth-order valence-electron chi connectivity index (χ4n) is 4.70. The molecule has 3 fully saturated rings. The summed E-state index contributed by atoms with van der Waals surface area (Å²) in [6.45, 7) is 3.38. The number of fused-ring (bicyclic) bond motifs is 1. The zero-order valence-electron chi connectivity index (χ0n) is 15.1. The van der Waals surface area contributed by atoms with Crippen molar-refractivity contribution in [3.05, 3.63) is 29.8 Å². The van der Waals surface area contributed by atoms with Crippen molar-refractivity contribution in [2.75, 3.05) is 19.6 Å². The van der Waals surface area contributed by atoms with E-state index in [9.17, 15) is 9.90 Å². The van der Waals surface area contributed by atoms with Crippen molar-refractivity contribution in [1.29, 1.82) is 0 Å². The number of hydrogen-bond acceptors (Lipinski definition) is 3. The molecule has 2 atom stereocenters. The summed E-state index contributed by atoms with van der Waals surface area (Å²) in [7, 11) is 0. The Morgan fingerprint density at radius 1 is 0.960 bits per heavy atom. The molecule has 1 N–H and O–H groups in total. The molecular formula is C21H30N2O2. The highest BCUT2D eigenvalue weighted by Gasteiger charge is 2.39. The summed E-state index contributed by atoms with van der Waals surface area (Å²) < 4.78 is 0. The van der Waals surface area contributed by atoms with Crippen LogP contribution >= 0.6 is 0 Å². The Hall–Kier alpha value is -1.55. The first-order chi connectivity index (χ1) is 12.2. The van der Waals surface area contributed by atoms with E-state index in [1.54, 1.807) is 12.1 Å². The molecule has 4 heteroatoms. The second-order valence-corrected chi connectivity index (χ2v) is 8.14. The first-order valence-electron chi connectivity index (χ1n) is 10.0. The molecule has 1 saturated carbocycles. The molecule has 3 aliphatic rings. The van der Waals surface area contributed by atoms with Gasteiger partial charge in [-0.1, -0.05) is 18.6 Å². The van der Waals surface area contributed by atoms with E-state index in [1.165, 1.54) is 45.2 Å². The minimum Gasteiger partial charge on any atom is -0.508 e. The highest BCUT2D eigenvalue weighted by atomic mass is 16.3. The van der Waals surface area contributed by atoms with Crippen LogP contribution in [0, 0.1) is 5.92 Å². The second-order valence-electron chi connectivity index (χ2n) is 8.14. The van der Waals surface area contributed by atoms with Crippen LogP contribution in [0.5, 0.6) is 5.75 Å². The van der Waals surface area contributed by atoms with E-state index in [0.29, 0.717) is 18.5 Å². The first-order valence-corrected chi connectivity index (χ1v) is 10.0. The third-order valence-corrected chi connectivity index (χ3v) is 6.21. The number of rotatable bonds is 4. The minimum atomic E-state index is 0.258. The average Bonchev–Trinajstić information content (AvgIpc) is 3.45. The fraction of sp³-hybridized carbons (Fsp3) is 0.667. The minimum absolute atomic E-state index is 0.258. The van der Waals surface area contributed by atoms with Gasteiger partial charge < -0.3 is 10.0 Å². The molecule has 2 heterocycles. The van der Waals surface area contributed by atoms with E-state index >= 15 is 0 Å². The second kappa shape index (κ2) is 7.36. The maximum Gasteiger partial charge on any atom is 0.227 e. The van der Waals surface area contributed by atoms with E-state index in [0.717, 1.165) is 30.9 Å². The van der Waals surface area contributed by atoms with E-state index in [-0.39, 0.29) is 11.7 Å². The monoisotopic (exact) mass is 342 g/mol. The van der Waals surface area contributed by atoms with Gasteiger partial charge in [-0.25, -0.2) is 0 Å². The largest absolute Gasteiger partial charge is 0.508 e. The summed E-state index contributed by atoms with van der Waals surface area (Å²) in [6.07, 6.45) is 9.31. The van der Waals surface area contributed by atoms with Gasteiger partial charge in [0.15, 0.2) is 0 Å². The quantitative estimate of drug-likeness (QED) is 0.914. The molecule has 1 aliphatic carbocycles. The number of carbonyl (C=O) groups is 1. The number of likely N-dealkylation sites (tertiary alicyclic amines) is 2. The fourth-order valence-corrected chi connectivity index (χ4v) is 4.70. The molecule has 4 rings (SSSR count). The standard InChI is InChI=1S/C21H30N2O2/c24-18-10-8-16(9-11-18)14-21(25)23-13-3-5-19-20(23)4-1-2-12-22(19)15-17-6-7-17/h8-11,17,19-20,24H,1-7,12-15H2/t19-,20-/m1/s1. The Labute approximate surface area is 150 Å². The third kappa shape index (κ3) is 4.00. The SMILES string of the molecule is O=C(Cc1ccc(O)cc1)N1CCC[C@@H]2[C@H]1CCCCN2CC1CC1. The van der Waals surface area contributed by atoms with Crippen LogP contribution in [-0.2, 0) is 11.2 Å². The van der Waals surface area contributed by atoms with E-state index in [4.69, 9.17) is 0 Å². The average molecular weight is 342 g/mol. The lowest BCUT2D eigenvalue weighted by Crippen LogP contribution is -2.56. The molecule has 4 nitrogen and oxygen atoms in total. The molecule has 2 aliphatic heterocycles. The lowest BCUT2D eigenvalue weighted by Gasteiger charge is -2.45. The van der Waals surface area contributed by atoms with E-state index < -0.39 is 0 Å². The number of nitrogens with zero attached hydrogens (tertiary/aromatic N) is 2. The zero-order chi connectivity index (χ0) is 17.2. The summed E-state index contributed by atoms with van der Waals surface area (Å²) in [4.78, 5) is 17.9. The molecular weight excluding hydrogens is 312 g/mol. The van der Waals surface area contributed by atoms with Gasteiger partial charge in [-0.2, -0.15) is 0 Å². The molecule has 0 aromatic heterocycles. The van der Waals surface area contributed by atoms with Gasteiger partial charge in [-0.05, 0) is 68.7 Å². The Balaban J connectivity index is 1.46. The summed E-state index contributed by atoms with van der Waals surface area (Å²) in [6, 6.07) is 8.04. The number of benzene rings is 1. The number of carbonyl (C=O) groups excluding carboxylic acids is 1. The summed E-state index contributed by atoms with van der Waals surface area (Å²) in [5.74, 6) is 1.43. The van der Waals surface area contributed by atoms with Gasteiger partial charge in [0.05, 0.1) is 6.42 Å². The van der Waals surface area contributed by atoms with Crippen LogP contribution < -0.4 is 0 Å². The number of phenols is 1. The van der Waals surface area contributed by atoms with Crippen molar-refractivity contribution < 1.29 is 9.90 Å². The molecule has 1 aromatic rings. The van der Waals surface area contributed by atoms with Crippen LogP contribution in [0.3, 0.4) is 0 Å². The molecule has 136 valence electrons. The zero-order valence-corrected chi connectivity index (χ0v) is 15.1. The number of amides is 1. The van der Waals surface area contributed by atoms with Crippen LogP contribution in [0.2, 0.25) is 0 Å². The number of piperidine rings is 1. The van der Waals surface area contributed by atoms with E-state index in [2.05, 4.69) is 9.80 Å². The van der Waals surface area contributed by atoms with Crippen LogP contribution in [0.1, 0.15) is 50.5 Å². The molecule has 1 amide bonds. The van der Waals surface area contributed by atoms with Gasteiger partial charge in [0.25, 0.3) is 0 Å². The van der Waals surface area contributed by atoms with Crippen LogP contribution in [0.15, 0.2) is 24.3 Å². The Kier molecular flexibility index (Phi) is 4.98. The highest BCUT2D eigenvalue weighted by molar-refractivity contribution is 5.79. The Morgan fingerprint density at radius 3 is 2.48 bits per heavy atom. The predicted molar refractivity (Wildman–Crippen MR) is 98.5 cm³/mol. The number of phenolic OH excluding ortho intramolecular Hbond substituents is 1. The number of aromatic hydroxyl groups is 1. The molecule has 0 unspecified atom stereocenters. The summed E-state index contributed by atoms with van der Waals surface area (Å²) >= 11 is 0. The van der Waals surface area contributed by atoms with Crippen LogP contribution in [0.25, 0.3) is 0 Å². The van der Waals surface area contributed by atoms with E-state index in [1.807, 2.05) is 12.1 Å². The van der Waals surface area contributed by atoms with Crippen molar-refractivity contribution in [2.24, 2.45) is 5.92 Å². The maximum absolute atomic E-state index is 13.0. The van der Waals surface area contributed by atoms with Gasteiger partial charge in [-0.15, -0.1) is 0 Å². The molecule has 25 heavy (non-hydrogen) atoms. The van der Waals surface area contributed by atoms with Gasteiger partial charge in [0.2, 0.25) is 5.91 Å². The van der Waals surface area contributed by atoms with Gasteiger partial charge in [0.1, 0.15) is 5.75 Å². The Bertz CT molecular complexity index is 596. The van der Waals surface area contributed by atoms with Crippen molar-refractivity contribution in [2.45, 2.75) is 63.5 Å². The summed E-state index contributed by atoms with van der Waals surface area (Å²) in [5.41, 5.74) is 0.994. The molecule has 0 spiro atoms. The normalized spacial score (nSPS) is 27.6.